The van der Waals surface area contributed by atoms with E-state index in [4.69, 9.17) is 0 Å². The van der Waals surface area contributed by atoms with Gasteiger partial charge >= 0.3 is 0 Å². The molecule has 0 aromatic heterocycles. The lowest BCUT2D eigenvalue weighted by Gasteiger charge is -2.44. The van der Waals surface area contributed by atoms with Gasteiger partial charge in [-0.05, 0) is 12.8 Å². The number of hydrogen-bond acceptors (Lipinski definition) is 0. The van der Waals surface area contributed by atoms with Crippen molar-refractivity contribution < 1.29 is 8.97 Å². The minimum absolute atomic E-state index is 1.01. The summed E-state index contributed by atoms with van der Waals surface area (Å²) in [5.74, 6) is 2.03. The summed E-state index contributed by atoms with van der Waals surface area (Å²) in [5.41, 5.74) is 0. The summed E-state index contributed by atoms with van der Waals surface area (Å²) in [6.45, 7) is 13.4. The van der Waals surface area contributed by atoms with Crippen LogP contribution >= 0.6 is 0 Å². The maximum Gasteiger partial charge on any atom is 0.129 e. The first-order valence-corrected chi connectivity index (χ1v) is 7.17. The van der Waals surface area contributed by atoms with Crippen LogP contribution in [-0.2, 0) is 0 Å². The Morgan fingerprint density at radius 1 is 0.812 bits per heavy atom. The summed E-state index contributed by atoms with van der Waals surface area (Å²) in [5, 5.41) is 0. The first kappa shape index (κ1) is 12.4. The van der Waals surface area contributed by atoms with Gasteiger partial charge in [-0.2, -0.15) is 0 Å². The lowest BCUT2D eigenvalue weighted by molar-refractivity contribution is -1.01. The maximum atomic E-state index is 2.39. The third-order valence-corrected chi connectivity index (χ3v) is 5.32. The number of nitrogens with zero attached hydrogens (tertiary/aromatic N) is 2. The van der Waals surface area contributed by atoms with E-state index >= 15 is 0 Å². The Morgan fingerprint density at radius 2 is 1.25 bits per heavy atom. The Hall–Kier alpha value is -0.0800. The van der Waals surface area contributed by atoms with Gasteiger partial charge in [0.15, 0.2) is 0 Å². The highest BCUT2D eigenvalue weighted by molar-refractivity contribution is 4.76. The predicted molar refractivity (Wildman–Crippen MR) is 69.1 cm³/mol. The molecule has 2 aliphatic heterocycles. The second-order valence-corrected chi connectivity index (χ2v) is 6.87. The van der Waals surface area contributed by atoms with E-state index in [-0.39, 0.29) is 0 Å². The van der Waals surface area contributed by atoms with Gasteiger partial charge in [-0.3, -0.25) is 0 Å². The fourth-order valence-corrected chi connectivity index (χ4v) is 3.85. The smallest absolute Gasteiger partial charge is 0.129 e. The molecule has 0 aromatic rings. The second kappa shape index (κ2) is 4.30. The average molecular weight is 226 g/mol. The Morgan fingerprint density at radius 3 is 1.62 bits per heavy atom. The molecular weight excluding hydrogens is 196 g/mol. The standard InChI is InChI=1S/C14H30N2/c1-5-13-11-16(12-14(13)6-2)9-7-15(3,4)8-10-16/h13-14H,5-12H2,1-4H3/q+2. The van der Waals surface area contributed by atoms with Crippen LogP contribution in [0.1, 0.15) is 26.7 Å². The van der Waals surface area contributed by atoms with Gasteiger partial charge in [-0.15, -0.1) is 0 Å². The zero-order chi connectivity index (χ0) is 11.8. The highest BCUT2D eigenvalue weighted by atomic mass is 15.5. The molecule has 2 rings (SSSR count). The van der Waals surface area contributed by atoms with Crippen LogP contribution in [0.3, 0.4) is 0 Å². The van der Waals surface area contributed by atoms with Gasteiger partial charge in [0, 0.05) is 11.8 Å². The number of hydrogen-bond donors (Lipinski definition) is 0. The summed E-state index contributed by atoms with van der Waals surface area (Å²) in [6, 6.07) is 0. The van der Waals surface area contributed by atoms with Crippen molar-refractivity contribution in [1.82, 2.24) is 0 Å². The van der Waals surface area contributed by atoms with Crippen LogP contribution in [0.5, 0.6) is 0 Å². The molecule has 0 radical (unpaired) electrons. The van der Waals surface area contributed by atoms with E-state index in [9.17, 15) is 0 Å². The average Bonchev–Trinajstić information content (AvgIpc) is 2.62. The van der Waals surface area contributed by atoms with Crippen LogP contribution < -0.4 is 0 Å². The molecule has 2 saturated heterocycles. The van der Waals surface area contributed by atoms with Crippen LogP contribution in [0.25, 0.3) is 0 Å². The zero-order valence-electron chi connectivity index (χ0n) is 11.7. The normalized spacial score (nSPS) is 36.8. The minimum Gasteiger partial charge on any atom is -0.319 e. The van der Waals surface area contributed by atoms with Crippen molar-refractivity contribution in [2.45, 2.75) is 26.7 Å². The molecule has 2 atom stereocenters. The van der Waals surface area contributed by atoms with Gasteiger partial charge in [0.2, 0.25) is 0 Å². The van der Waals surface area contributed by atoms with E-state index in [1.807, 2.05) is 0 Å². The highest BCUT2D eigenvalue weighted by Gasteiger charge is 2.47. The highest BCUT2D eigenvalue weighted by Crippen LogP contribution is 2.35. The Balaban J connectivity index is 2.01. The van der Waals surface area contributed by atoms with Crippen molar-refractivity contribution in [2.24, 2.45) is 11.8 Å². The third kappa shape index (κ3) is 2.28. The Kier molecular flexibility index (Phi) is 3.33. The summed E-state index contributed by atoms with van der Waals surface area (Å²) < 4.78 is 2.70. The number of quaternary nitrogens is 2. The van der Waals surface area contributed by atoms with Crippen molar-refractivity contribution in [2.75, 3.05) is 53.4 Å². The summed E-state index contributed by atoms with van der Waals surface area (Å²) in [4.78, 5) is 0. The molecule has 2 nitrogen and oxygen atoms in total. The summed E-state index contributed by atoms with van der Waals surface area (Å²) in [6.07, 6.45) is 2.80. The SMILES string of the molecule is CCC1C[N+]2(CC[N+](C)(C)CC2)CC1CC. The quantitative estimate of drug-likeness (QED) is 0.632. The van der Waals surface area contributed by atoms with Gasteiger partial charge in [-0.25, -0.2) is 0 Å². The molecule has 2 unspecified atom stereocenters. The van der Waals surface area contributed by atoms with Gasteiger partial charge in [0.1, 0.15) is 26.2 Å². The lowest BCUT2D eigenvalue weighted by atomic mass is 9.92. The molecular formula is C14H30N2+2. The summed E-state index contributed by atoms with van der Waals surface area (Å²) >= 11 is 0. The van der Waals surface area contributed by atoms with E-state index in [0.29, 0.717) is 0 Å². The van der Waals surface area contributed by atoms with Gasteiger partial charge in [0.25, 0.3) is 0 Å². The minimum atomic E-state index is 1.01. The van der Waals surface area contributed by atoms with E-state index in [1.165, 1.54) is 61.1 Å². The maximum absolute atomic E-state index is 2.39. The van der Waals surface area contributed by atoms with E-state index < -0.39 is 0 Å². The molecule has 0 N–H and O–H groups in total. The molecule has 94 valence electrons. The first-order valence-electron chi connectivity index (χ1n) is 7.17. The van der Waals surface area contributed by atoms with Crippen molar-refractivity contribution in [3.8, 4) is 0 Å². The molecule has 2 fully saturated rings. The topological polar surface area (TPSA) is 0 Å². The molecule has 0 bridgehead atoms. The number of rotatable bonds is 2. The Labute approximate surface area is 101 Å². The molecule has 2 aliphatic rings. The zero-order valence-corrected chi connectivity index (χ0v) is 11.7. The fraction of sp³-hybridized carbons (Fsp3) is 1.00. The van der Waals surface area contributed by atoms with Crippen molar-refractivity contribution in [3.05, 3.63) is 0 Å². The van der Waals surface area contributed by atoms with Crippen LogP contribution in [0.15, 0.2) is 0 Å². The van der Waals surface area contributed by atoms with E-state index in [2.05, 4.69) is 27.9 Å². The van der Waals surface area contributed by atoms with Gasteiger partial charge < -0.3 is 8.97 Å². The molecule has 0 saturated carbocycles. The molecule has 1 spiro atoms. The fourth-order valence-electron chi connectivity index (χ4n) is 3.85. The van der Waals surface area contributed by atoms with E-state index in [1.54, 1.807) is 0 Å². The van der Waals surface area contributed by atoms with Gasteiger partial charge in [0.05, 0.1) is 27.2 Å². The lowest BCUT2D eigenvalue weighted by Crippen LogP contribution is -2.63. The molecule has 2 heterocycles. The molecule has 2 heteroatoms. The summed E-state index contributed by atoms with van der Waals surface area (Å²) in [7, 11) is 4.78. The van der Waals surface area contributed by atoms with Crippen LogP contribution in [0, 0.1) is 11.8 Å². The third-order valence-electron chi connectivity index (χ3n) is 5.32. The molecule has 16 heavy (non-hydrogen) atoms. The monoisotopic (exact) mass is 226 g/mol. The van der Waals surface area contributed by atoms with Crippen LogP contribution in [-0.4, -0.2) is 62.3 Å². The van der Waals surface area contributed by atoms with Gasteiger partial charge in [-0.1, -0.05) is 13.8 Å². The van der Waals surface area contributed by atoms with Crippen molar-refractivity contribution in [1.29, 1.82) is 0 Å². The number of piperazine rings is 1. The molecule has 0 aromatic carbocycles. The second-order valence-electron chi connectivity index (χ2n) is 6.87. The van der Waals surface area contributed by atoms with E-state index in [0.717, 1.165) is 11.8 Å². The Bertz CT molecular complexity index is 223. The molecule has 0 aliphatic carbocycles. The van der Waals surface area contributed by atoms with Crippen molar-refractivity contribution >= 4 is 0 Å². The number of likely N-dealkylation sites (N-methyl/N-ethyl adjacent to an activating group) is 1. The van der Waals surface area contributed by atoms with Crippen molar-refractivity contribution in [3.63, 3.8) is 0 Å². The molecule has 0 amide bonds. The first-order chi connectivity index (χ1) is 7.50. The van der Waals surface area contributed by atoms with Crippen LogP contribution in [0.4, 0.5) is 0 Å². The van der Waals surface area contributed by atoms with Crippen LogP contribution in [0.2, 0.25) is 0 Å². The predicted octanol–water partition coefficient (Wildman–Crippen LogP) is 1.96. The largest absolute Gasteiger partial charge is 0.319 e.